The van der Waals surface area contributed by atoms with Gasteiger partial charge in [0.1, 0.15) is 0 Å². The summed E-state index contributed by atoms with van der Waals surface area (Å²) in [6.07, 6.45) is 6.01. The number of hydrogen-bond acceptors (Lipinski definition) is 6. The first kappa shape index (κ1) is 15.1. The van der Waals surface area contributed by atoms with Gasteiger partial charge >= 0.3 is 6.01 Å². The molecule has 0 unspecified atom stereocenters. The van der Waals surface area contributed by atoms with Gasteiger partial charge in [0.15, 0.2) is 0 Å². The van der Waals surface area contributed by atoms with E-state index < -0.39 is 0 Å². The lowest BCUT2D eigenvalue weighted by molar-refractivity contribution is -0.0819. The van der Waals surface area contributed by atoms with Crippen LogP contribution in [0.2, 0.25) is 0 Å². The van der Waals surface area contributed by atoms with E-state index in [0.717, 1.165) is 26.1 Å². The molecule has 0 radical (unpaired) electrons. The summed E-state index contributed by atoms with van der Waals surface area (Å²) in [5, 5.41) is 4.39. The summed E-state index contributed by atoms with van der Waals surface area (Å²) in [5.74, 6) is 0.425. The van der Waals surface area contributed by atoms with Gasteiger partial charge < -0.3 is 9.47 Å². The SMILES string of the molecule is c1cnc(OC[C@@H]2CC[C@@H]3[C@H]2OCCN3Cc2ccsc2)nc1. The number of fused-ring (bicyclic) bond motifs is 1. The highest BCUT2D eigenvalue weighted by atomic mass is 32.1. The highest BCUT2D eigenvalue weighted by molar-refractivity contribution is 7.07. The quantitative estimate of drug-likeness (QED) is 0.843. The molecule has 5 nitrogen and oxygen atoms in total. The molecule has 0 spiro atoms. The first-order valence-electron chi connectivity index (χ1n) is 8.17. The Kier molecular flexibility index (Phi) is 4.55. The van der Waals surface area contributed by atoms with Crippen LogP contribution in [0.1, 0.15) is 18.4 Å². The maximum Gasteiger partial charge on any atom is 0.316 e. The van der Waals surface area contributed by atoms with Crippen molar-refractivity contribution in [1.82, 2.24) is 14.9 Å². The Balaban J connectivity index is 1.37. The molecule has 0 amide bonds. The van der Waals surface area contributed by atoms with Crippen molar-refractivity contribution in [3.05, 3.63) is 40.8 Å². The van der Waals surface area contributed by atoms with E-state index in [4.69, 9.17) is 9.47 Å². The van der Waals surface area contributed by atoms with Gasteiger partial charge in [-0.05, 0) is 41.3 Å². The van der Waals surface area contributed by atoms with Gasteiger partial charge in [-0.2, -0.15) is 11.3 Å². The Hall–Kier alpha value is -1.50. The summed E-state index contributed by atoms with van der Waals surface area (Å²) in [6.45, 7) is 3.50. The molecule has 0 N–H and O–H groups in total. The third kappa shape index (κ3) is 3.39. The fraction of sp³-hybridized carbons (Fsp3) is 0.529. The molecule has 0 bridgehead atoms. The second-order valence-electron chi connectivity index (χ2n) is 6.18. The van der Waals surface area contributed by atoms with Gasteiger partial charge in [0.2, 0.25) is 0 Å². The van der Waals surface area contributed by atoms with E-state index in [1.807, 2.05) is 0 Å². The zero-order valence-electron chi connectivity index (χ0n) is 13.0. The highest BCUT2D eigenvalue weighted by Crippen LogP contribution is 2.35. The van der Waals surface area contributed by atoms with Crippen LogP contribution in [-0.4, -0.2) is 46.8 Å². The number of rotatable bonds is 5. The maximum absolute atomic E-state index is 6.09. The average Bonchev–Trinajstić information content (AvgIpc) is 3.24. The van der Waals surface area contributed by atoms with Crippen LogP contribution in [-0.2, 0) is 11.3 Å². The second kappa shape index (κ2) is 6.95. The minimum atomic E-state index is 0.270. The molecular weight excluding hydrogens is 310 g/mol. The molecule has 6 heteroatoms. The van der Waals surface area contributed by atoms with Crippen molar-refractivity contribution in [3.8, 4) is 6.01 Å². The Morgan fingerprint density at radius 1 is 1.30 bits per heavy atom. The summed E-state index contributed by atoms with van der Waals surface area (Å²) < 4.78 is 11.9. The third-order valence-corrected chi connectivity index (χ3v) is 5.50. The van der Waals surface area contributed by atoms with Crippen molar-refractivity contribution in [2.45, 2.75) is 31.5 Å². The second-order valence-corrected chi connectivity index (χ2v) is 6.96. The van der Waals surface area contributed by atoms with Crippen molar-refractivity contribution < 1.29 is 9.47 Å². The smallest absolute Gasteiger partial charge is 0.316 e. The van der Waals surface area contributed by atoms with Crippen LogP contribution in [0.3, 0.4) is 0 Å². The first-order chi connectivity index (χ1) is 11.4. The predicted octanol–water partition coefficient (Wildman–Crippen LogP) is 2.60. The van der Waals surface area contributed by atoms with E-state index in [-0.39, 0.29) is 6.10 Å². The van der Waals surface area contributed by atoms with E-state index in [1.54, 1.807) is 29.8 Å². The lowest BCUT2D eigenvalue weighted by atomic mass is 10.0. The number of aromatic nitrogens is 2. The number of ether oxygens (including phenoxy) is 2. The van der Waals surface area contributed by atoms with Crippen LogP contribution in [0.15, 0.2) is 35.3 Å². The van der Waals surface area contributed by atoms with E-state index >= 15 is 0 Å². The number of thiophene rings is 1. The molecule has 0 aromatic carbocycles. The van der Waals surface area contributed by atoms with E-state index in [0.29, 0.717) is 24.6 Å². The van der Waals surface area contributed by atoms with Crippen molar-refractivity contribution in [3.63, 3.8) is 0 Å². The molecule has 122 valence electrons. The van der Waals surface area contributed by atoms with Gasteiger partial charge in [-0.3, -0.25) is 4.90 Å². The van der Waals surface area contributed by atoms with Crippen LogP contribution >= 0.6 is 11.3 Å². The van der Waals surface area contributed by atoms with Crippen molar-refractivity contribution in [1.29, 1.82) is 0 Å². The van der Waals surface area contributed by atoms with Gasteiger partial charge in [0.25, 0.3) is 0 Å². The maximum atomic E-state index is 6.09. The average molecular weight is 331 g/mol. The Morgan fingerprint density at radius 2 is 2.22 bits per heavy atom. The van der Waals surface area contributed by atoms with Crippen molar-refractivity contribution in [2.75, 3.05) is 19.8 Å². The third-order valence-electron chi connectivity index (χ3n) is 4.77. The number of hydrogen-bond donors (Lipinski definition) is 0. The summed E-state index contributed by atoms with van der Waals surface area (Å²) in [6, 6.07) is 4.98. The van der Waals surface area contributed by atoms with Gasteiger partial charge in [0.05, 0.1) is 19.3 Å². The zero-order valence-corrected chi connectivity index (χ0v) is 13.8. The summed E-state index contributed by atoms with van der Waals surface area (Å²) in [4.78, 5) is 10.8. The lowest BCUT2D eigenvalue weighted by Crippen LogP contribution is -2.50. The fourth-order valence-corrected chi connectivity index (χ4v) is 4.33. The van der Waals surface area contributed by atoms with Gasteiger partial charge in [-0.1, -0.05) is 0 Å². The van der Waals surface area contributed by atoms with Gasteiger partial charge in [0, 0.05) is 37.4 Å². The van der Waals surface area contributed by atoms with Crippen LogP contribution < -0.4 is 4.74 Å². The van der Waals surface area contributed by atoms with Crippen LogP contribution in [0.25, 0.3) is 0 Å². The Morgan fingerprint density at radius 3 is 3.04 bits per heavy atom. The summed E-state index contributed by atoms with van der Waals surface area (Å²) in [5.41, 5.74) is 1.41. The lowest BCUT2D eigenvalue weighted by Gasteiger charge is -2.39. The van der Waals surface area contributed by atoms with Gasteiger partial charge in [-0.15, -0.1) is 0 Å². The van der Waals surface area contributed by atoms with E-state index in [1.165, 1.54) is 12.0 Å². The largest absolute Gasteiger partial charge is 0.463 e. The van der Waals surface area contributed by atoms with Crippen LogP contribution in [0.4, 0.5) is 0 Å². The van der Waals surface area contributed by atoms with Crippen LogP contribution in [0, 0.1) is 5.92 Å². The highest BCUT2D eigenvalue weighted by Gasteiger charge is 2.42. The van der Waals surface area contributed by atoms with Gasteiger partial charge in [-0.25, -0.2) is 9.97 Å². The van der Waals surface area contributed by atoms with Crippen molar-refractivity contribution >= 4 is 11.3 Å². The standard InChI is InChI=1S/C17H21N3O2S/c1-5-18-17(19-6-1)22-11-14-2-3-15-16(14)21-8-7-20(15)10-13-4-9-23-12-13/h1,4-6,9,12,14-16H,2-3,7-8,10-11H2/t14-,15+,16-/m0/s1. The molecule has 1 saturated heterocycles. The Labute approximate surface area is 140 Å². The number of morpholine rings is 1. The molecule has 1 aliphatic carbocycles. The molecule has 3 atom stereocenters. The molecule has 2 fully saturated rings. The van der Waals surface area contributed by atoms with Crippen LogP contribution in [0.5, 0.6) is 6.01 Å². The number of nitrogens with zero attached hydrogens (tertiary/aromatic N) is 3. The topological polar surface area (TPSA) is 47.5 Å². The zero-order chi connectivity index (χ0) is 15.5. The van der Waals surface area contributed by atoms with E-state index in [9.17, 15) is 0 Å². The Bertz CT molecular complexity index is 608. The predicted molar refractivity (Wildman–Crippen MR) is 88.5 cm³/mol. The monoisotopic (exact) mass is 331 g/mol. The molecule has 23 heavy (non-hydrogen) atoms. The molecule has 1 saturated carbocycles. The molecule has 2 aliphatic rings. The summed E-state index contributed by atoms with van der Waals surface area (Å²) >= 11 is 1.77. The molecule has 1 aliphatic heterocycles. The fourth-order valence-electron chi connectivity index (χ4n) is 3.67. The molecule has 4 rings (SSSR count). The van der Waals surface area contributed by atoms with Crippen molar-refractivity contribution in [2.24, 2.45) is 5.92 Å². The van der Waals surface area contributed by atoms with E-state index in [2.05, 4.69) is 31.7 Å². The normalized spacial score (nSPS) is 27.7. The minimum absolute atomic E-state index is 0.270. The molecular formula is C17H21N3O2S. The molecule has 3 heterocycles. The molecule has 2 aromatic heterocycles. The summed E-state index contributed by atoms with van der Waals surface area (Å²) in [7, 11) is 0. The first-order valence-corrected chi connectivity index (χ1v) is 9.11. The molecule has 2 aromatic rings. The minimum Gasteiger partial charge on any atom is -0.463 e.